The average molecular weight is 220 g/mol. The largest absolute Gasteiger partial charge is 0.477 e. The number of H-pyrrole nitrogens is 1. The van der Waals surface area contributed by atoms with Gasteiger partial charge in [0.25, 0.3) is 5.56 Å². The highest BCUT2D eigenvalue weighted by Gasteiger charge is 2.12. The van der Waals surface area contributed by atoms with Crippen LogP contribution in [0.15, 0.2) is 23.4 Å². The molecule has 2 heterocycles. The lowest BCUT2D eigenvalue weighted by atomic mass is 10.3. The molecule has 0 spiro atoms. The van der Waals surface area contributed by atoms with Gasteiger partial charge in [-0.05, 0) is 0 Å². The van der Waals surface area contributed by atoms with Crippen molar-refractivity contribution in [3.63, 3.8) is 0 Å². The van der Waals surface area contributed by atoms with E-state index in [1.807, 2.05) is 0 Å². The van der Waals surface area contributed by atoms with Crippen LogP contribution in [-0.4, -0.2) is 30.6 Å². The fourth-order valence-corrected chi connectivity index (χ4v) is 1.25. The van der Waals surface area contributed by atoms with Crippen molar-refractivity contribution in [1.82, 2.24) is 19.5 Å². The van der Waals surface area contributed by atoms with Crippen LogP contribution in [0.1, 0.15) is 10.4 Å². The third kappa shape index (κ3) is 1.58. The van der Waals surface area contributed by atoms with Crippen LogP contribution in [0.5, 0.6) is 0 Å². The Balaban J connectivity index is 2.55. The zero-order valence-corrected chi connectivity index (χ0v) is 8.34. The third-order valence-electron chi connectivity index (χ3n) is 2.06. The van der Waals surface area contributed by atoms with Crippen LogP contribution in [0.25, 0.3) is 11.6 Å². The van der Waals surface area contributed by atoms with Gasteiger partial charge in [-0.2, -0.15) is 0 Å². The number of nitrogens with zero attached hydrogens (tertiary/aromatic N) is 3. The standard InChI is InChI=1S/C9H8N4O3/c1-13-3-2-10-7(13)6-11-4-5(9(15)16)8(14)12-6/h2-4H,1H3,(H,15,16)(H,11,12,14). The topological polar surface area (TPSA) is 101 Å². The molecule has 0 saturated heterocycles. The van der Waals surface area contributed by atoms with Crippen LogP contribution in [0.4, 0.5) is 0 Å². The van der Waals surface area contributed by atoms with Crippen LogP contribution in [0.2, 0.25) is 0 Å². The molecule has 2 N–H and O–H groups in total. The van der Waals surface area contributed by atoms with E-state index in [2.05, 4.69) is 15.0 Å². The van der Waals surface area contributed by atoms with Gasteiger partial charge >= 0.3 is 5.97 Å². The number of carboxylic acids is 1. The van der Waals surface area contributed by atoms with Gasteiger partial charge in [0.1, 0.15) is 5.56 Å². The molecule has 0 amide bonds. The SMILES string of the molecule is Cn1ccnc1-c1ncc(C(=O)O)c(=O)[nH]1. The number of rotatable bonds is 2. The summed E-state index contributed by atoms with van der Waals surface area (Å²) in [5.74, 6) is -0.600. The average Bonchev–Trinajstić information content (AvgIpc) is 2.63. The first-order chi connectivity index (χ1) is 7.59. The van der Waals surface area contributed by atoms with Crippen LogP contribution in [0.3, 0.4) is 0 Å². The molecular formula is C9H8N4O3. The number of carboxylic acid groups (broad SMARTS) is 1. The van der Waals surface area contributed by atoms with Crippen LogP contribution in [0, 0.1) is 0 Å². The highest BCUT2D eigenvalue weighted by Crippen LogP contribution is 2.08. The number of aryl methyl sites for hydroxylation is 1. The van der Waals surface area contributed by atoms with E-state index in [1.165, 1.54) is 0 Å². The smallest absolute Gasteiger partial charge is 0.342 e. The Morgan fingerprint density at radius 1 is 1.50 bits per heavy atom. The molecular weight excluding hydrogens is 212 g/mol. The van der Waals surface area contributed by atoms with Gasteiger partial charge in [-0.1, -0.05) is 0 Å². The van der Waals surface area contributed by atoms with Gasteiger partial charge in [0.05, 0.1) is 0 Å². The van der Waals surface area contributed by atoms with Crippen molar-refractivity contribution in [2.75, 3.05) is 0 Å². The summed E-state index contributed by atoms with van der Waals surface area (Å²) < 4.78 is 1.67. The molecule has 0 radical (unpaired) electrons. The summed E-state index contributed by atoms with van der Waals surface area (Å²) in [4.78, 5) is 32.2. The summed E-state index contributed by atoms with van der Waals surface area (Å²) in [7, 11) is 1.74. The minimum Gasteiger partial charge on any atom is -0.477 e. The molecule has 0 aliphatic carbocycles. The second-order valence-electron chi connectivity index (χ2n) is 3.14. The number of nitrogens with one attached hydrogen (secondary N) is 1. The van der Waals surface area contributed by atoms with Crippen molar-refractivity contribution in [2.45, 2.75) is 0 Å². The van der Waals surface area contributed by atoms with E-state index in [4.69, 9.17) is 5.11 Å². The maximum atomic E-state index is 11.4. The van der Waals surface area contributed by atoms with Crippen molar-refractivity contribution in [3.05, 3.63) is 34.5 Å². The highest BCUT2D eigenvalue weighted by molar-refractivity contribution is 5.86. The molecule has 16 heavy (non-hydrogen) atoms. The molecule has 82 valence electrons. The predicted octanol–water partition coefficient (Wildman–Crippen LogP) is -0.131. The lowest BCUT2D eigenvalue weighted by Crippen LogP contribution is -2.19. The lowest BCUT2D eigenvalue weighted by Gasteiger charge is -2.00. The van der Waals surface area contributed by atoms with Crippen LogP contribution >= 0.6 is 0 Å². The summed E-state index contributed by atoms with van der Waals surface area (Å²) in [5.41, 5.74) is -1.08. The highest BCUT2D eigenvalue weighted by atomic mass is 16.4. The predicted molar refractivity (Wildman–Crippen MR) is 54.0 cm³/mol. The van der Waals surface area contributed by atoms with E-state index in [1.54, 1.807) is 24.0 Å². The number of imidazole rings is 1. The van der Waals surface area contributed by atoms with Gasteiger partial charge < -0.3 is 14.7 Å². The number of aromatic carboxylic acids is 1. The first kappa shape index (κ1) is 10.1. The summed E-state index contributed by atoms with van der Waals surface area (Å²) in [6.07, 6.45) is 4.27. The summed E-state index contributed by atoms with van der Waals surface area (Å²) in [5, 5.41) is 8.66. The number of aromatic nitrogens is 4. The molecule has 0 saturated carbocycles. The normalized spacial score (nSPS) is 10.3. The monoisotopic (exact) mass is 220 g/mol. The van der Waals surface area contributed by atoms with Crippen molar-refractivity contribution >= 4 is 5.97 Å². The molecule has 0 atom stereocenters. The van der Waals surface area contributed by atoms with Gasteiger partial charge in [0.2, 0.25) is 0 Å². The molecule has 2 rings (SSSR count). The zero-order chi connectivity index (χ0) is 11.7. The minimum absolute atomic E-state index is 0.238. The maximum Gasteiger partial charge on any atom is 0.342 e. The van der Waals surface area contributed by atoms with Crippen molar-refractivity contribution in [3.8, 4) is 11.6 Å². The van der Waals surface area contributed by atoms with E-state index >= 15 is 0 Å². The second-order valence-corrected chi connectivity index (χ2v) is 3.14. The quantitative estimate of drug-likeness (QED) is 0.734. The zero-order valence-electron chi connectivity index (χ0n) is 8.34. The first-order valence-electron chi connectivity index (χ1n) is 4.40. The minimum atomic E-state index is -1.31. The summed E-state index contributed by atoms with van der Waals surface area (Å²) in [6, 6.07) is 0. The molecule has 7 heteroatoms. The summed E-state index contributed by atoms with van der Waals surface area (Å²) >= 11 is 0. The van der Waals surface area contributed by atoms with Gasteiger partial charge in [0.15, 0.2) is 11.6 Å². The van der Waals surface area contributed by atoms with E-state index < -0.39 is 17.1 Å². The van der Waals surface area contributed by atoms with Gasteiger partial charge in [-0.25, -0.2) is 14.8 Å². The fraction of sp³-hybridized carbons (Fsp3) is 0.111. The Kier molecular flexibility index (Phi) is 2.28. The van der Waals surface area contributed by atoms with Crippen LogP contribution in [-0.2, 0) is 7.05 Å². The molecule has 0 aliphatic rings. The van der Waals surface area contributed by atoms with Crippen molar-refractivity contribution < 1.29 is 9.90 Å². The van der Waals surface area contributed by atoms with E-state index in [0.717, 1.165) is 6.20 Å². The number of carbonyl (C=O) groups is 1. The van der Waals surface area contributed by atoms with Gasteiger partial charge in [0, 0.05) is 25.6 Å². The Hall–Kier alpha value is -2.44. The Morgan fingerprint density at radius 2 is 2.25 bits per heavy atom. The van der Waals surface area contributed by atoms with E-state index in [-0.39, 0.29) is 5.82 Å². The van der Waals surface area contributed by atoms with Crippen molar-refractivity contribution in [2.24, 2.45) is 7.05 Å². The molecule has 0 unspecified atom stereocenters. The molecule has 2 aromatic rings. The number of hydrogen-bond donors (Lipinski definition) is 2. The molecule has 0 fully saturated rings. The molecule has 7 nitrogen and oxygen atoms in total. The summed E-state index contributed by atoms with van der Waals surface area (Å²) in [6.45, 7) is 0. The first-order valence-corrected chi connectivity index (χ1v) is 4.40. The third-order valence-corrected chi connectivity index (χ3v) is 2.06. The van der Waals surface area contributed by atoms with Crippen molar-refractivity contribution in [1.29, 1.82) is 0 Å². The van der Waals surface area contributed by atoms with Gasteiger partial charge in [-0.15, -0.1) is 0 Å². The van der Waals surface area contributed by atoms with E-state index in [0.29, 0.717) is 5.82 Å². The fourth-order valence-electron chi connectivity index (χ4n) is 1.25. The molecule has 0 aromatic carbocycles. The number of aromatic amines is 1. The second kappa shape index (κ2) is 3.61. The molecule has 2 aromatic heterocycles. The molecule has 0 aliphatic heterocycles. The molecule has 0 bridgehead atoms. The lowest BCUT2D eigenvalue weighted by molar-refractivity contribution is 0.0694. The Labute approximate surface area is 89.4 Å². The van der Waals surface area contributed by atoms with Gasteiger partial charge in [-0.3, -0.25) is 4.79 Å². The maximum absolute atomic E-state index is 11.4. The number of hydrogen-bond acceptors (Lipinski definition) is 4. The van der Waals surface area contributed by atoms with E-state index in [9.17, 15) is 9.59 Å². The van der Waals surface area contributed by atoms with Crippen LogP contribution < -0.4 is 5.56 Å². The Morgan fingerprint density at radius 3 is 2.75 bits per heavy atom. The Bertz CT molecular complexity index is 599.